The second-order valence-electron chi connectivity index (χ2n) is 17.4. The monoisotopic (exact) mass is 982 g/mol. The van der Waals surface area contributed by atoms with Crippen LogP contribution in [0, 0.1) is 17.8 Å². The number of nitrogens with one attached hydrogen (secondary N) is 7. The second kappa shape index (κ2) is 32.0. The molecule has 0 fully saturated rings. The maximum atomic E-state index is 14.0. The highest BCUT2D eigenvalue weighted by molar-refractivity contribution is 5.97. The van der Waals surface area contributed by atoms with E-state index in [1.165, 1.54) is 13.8 Å². The van der Waals surface area contributed by atoms with Gasteiger partial charge in [-0.05, 0) is 56.4 Å². The number of aliphatic hydroxyl groups is 4. The molecule has 0 aromatic heterocycles. The van der Waals surface area contributed by atoms with Gasteiger partial charge in [-0.15, -0.1) is 0 Å². The number of ether oxygens (including phenoxy) is 1. The lowest BCUT2D eigenvalue weighted by molar-refractivity contribution is -0.151. The molecule has 392 valence electrons. The maximum Gasteiger partial charge on any atom is 0.331 e. The molecule has 24 nitrogen and oxygen atoms in total. The molecule has 17 N–H and O–H groups in total. The van der Waals surface area contributed by atoms with E-state index in [4.69, 9.17) is 21.9 Å². The van der Waals surface area contributed by atoms with Gasteiger partial charge < -0.3 is 79.6 Å². The largest absolute Gasteiger partial charge is 0.459 e. The van der Waals surface area contributed by atoms with Gasteiger partial charge in [-0.2, -0.15) is 0 Å². The van der Waals surface area contributed by atoms with Gasteiger partial charge in [0.25, 0.3) is 0 Å². The molecule has 0 aliphatic rings. The molecule has 1 aromatic rings. The minimum atomic E-state index is -1.70. The Labute approximate surface area is 404 Å². The van der Waals surface area contributed by atoms with Gasteiger partial charge in [-0.1, -0.05) is 85.7 Å². The highest BCUT2D eigenvalue weighted by Crippen LogP contribution is 2.13. The van der Waals surface area contributed by atoms with E-state index in [1.807, 2.05) is 0 Å². The van der Waals surface area contributed by atoms with E-state index >= 15 is 0 Å². The minimum Gasteiger partial charge on any atom is -0.459 e. The number of benzene rings is 1. The summed E-state index contributed by atoms with van der Waals surface area (Å²) < 4.78 is 5.16. The molecule has 7 amide bonds. The Hall–Kier alpha value is -5.95. The highest BCUT2D eigenvalue weighted by Gasteiger charge is 2.36. The average molecular weight is 982 g/mol. The number of esters is 1. The number of nitrogens with two attached hydrogens (primary N) is 3. The fraction of sp³-hybridized carbons (Fsp3) is 0.667. The van der Waals surface area contributed by atoms with Gasteiger partial charge >= 0.3 is 5.97 Å². The number of nitrogens with zero attached hydrogens (tertiary/aromatic N) is 1. The SMILES string of the molecule is C.CC[C@H](C)[C@H](NC(=O)[C@@H](CCCN=C(N)N)NC(=O)[C@H](CC(C)C)NC(=O)[C@@H](N)[C@H](O)C(C)C)C(=O)N[C@H](C(=O)NCC(=O)N[C@H](C(=O)N[C@@H](CO)C(=O)OCc1ccccc1)[C@H](C)O)[C@H](C)O. The van der Waals surface area contributed by atoms with Crippen LogP contribution in [0.3, 0.4) is 0 Å². The Morgan fingerprint density at radius 2 is 1.20 bits per heavy atom. The topological polar surface area (TPSA) is 401 Å². The summed E-state index contributed by atoms with van der Waals surface area (Å²) in [5.74, 6) is -8.70. The molecular weight excluding hydrogens is 903 g/mol. The molecule has 0 bridgehead atoms. The first kappa shape index (κ1) is 63.0. The number of aliphatic hydroxyl groups excluding tert-OH is 4. The zero-order valence-electron chi connectivity index (χ0n) is 40.2. The van der Waals surface area contributed by atoms with Crippen molar-refractivity contribution in [2.75, 3.05) is 19.7 Å². The van der Waals surface area contributed by atoms with Crippen molar-refractivity contribution in [1.29, 1.82) is 0 Å². The number of carbonyl (C=O) groups excluding carboxylic acids is 8. The molecule has 0 unspecified atom stereocenters. The lowest BCUT2D eigenvalue weighted by atomic mass is 9.96. The van der Waals surface area contributed by atoms with Crippen molar-refractivity contribution in [2.45, 2.75) is 156 Å². The molecular formula is C45H79N11O13. The molecule has 11 atom stereocenters. The molecule has 0 radical (unpaired) electrons. The summed E-state index contributed by atoms with van der Waals surface area (Å²) >= 11 is 0. The van der Waals surface area contributed by atoms with E-state index in [9.17, 15) is 58.8 Å². The fourth-order valence-corrected chi connectivity index (χ4v) is 6.37. The van der Waals surface area contributed by atoms with Crippen LogP contribution in [0.15, 0.2) is 35.3 Å². The van der Waals surface area contributed by atoms with Crippen molar-refractivity contribution < 1.29 is 63.5 Å². The minimum absolute atomic E-state index is 0. The second-order valence-corrected chi connectivity index (χ2v) is 17.4. The quantitative estimate of drug-likeness (QED) is 0.0155. The van der Waals surface area contributed by atoms with Gasteiger partial charge in [0.15, 0.2) is 12.0 Å². The smallest absolute Gasteiger partial charge is 0.331 e. The Morgan fingerprint density at radius 1 is 0.681 bits per heavy atom. The maximum absolute atomic E-state index is 14.0. The molecule has 0 saturated carbocycles. The number of hydrogen-bond donors (Lipinski definition) is 14. The van der Waals surface area contributed by atoms with Gasteiger partial charge in [0.2, 0.25) is 41.4 Å². The number of amides is 7. The normalized spacial score (nSPS) is 15.9. The summed E-state index contributed by atoms with van der Waals surface area (Å²) in [6, 6.07) is -1.55. The first-order chi connectivity index (χ1) is 31.8. The molecule has 1 aromatic carbocycles. The fourth-order valence-electron chi connectivity index (χ4n) is 6.37. The van der Waals surface area contributed by atoms with Crippen LogP contribution in [0.25, 0.3) is 0 Å². The van der Waals surface area contributed by atoms with Gasteiger partial charge in [0.05, 0.1) is 31.5 Å². The Bertz CT molecular complexity index is 1830. The van der Waals surface area contributed by atoms with Crippen molar-refractivity contribution in [3.05, 3.63) is 35.9 Å². The van der Waals surface area contributed by atoms with Crippen molar-refractivity contribution in [1.82, 2.24) is 37.2 Å². The summed E-state index contributed by atoms with van der Waals surface area (Å²) in [6.45, 7) is 10.9. The van der Waals surface area contributed by atoms with E-state index in [0.29, 0.717) is 12.0 Å². The molecule has 69 heavy (non-hydrogen) atoms. The molecule has 24 heteroatoms. The third-order valence-corrected chi connectivity index (χ3v) is 10.6. The van der Waals surface area contributed by atoms with Gasteiger partial charge in [-0.25, -0.2) is 4.79 Å². The summed E-state index contributed by atoms with van der Waals surface area (Å²) in [5.41, 5.74) is 17.5. The van der Waals surface area contributed by atoms with Gasteiger partial charge in [0, 0.05) is 6.54 Å². The predicted molar refractivity (Wildman–Crippen MR) is 256 cm³/mol. The lowest BCUT2D eigenvalue weighted by Crippen LogP contribution is -2.62. The Morgan fingerprint density at radius 3 is 1.72 bits per heavy atom. The van der Waals surface area contributed by atoms with Crippen molar-refractivity contribution in [3.8, 4) is 0 Å². The lowest BCUT2D eigenvalue weighted by Gasteiger charge is -2.30. The predicted octanol–water partition coefficient (Wildman–Crippen LogP) is -3.37. The molecule has 0 saturated heterocycles. The highest BCUT2D eigenvalue weighted by atomic mass is 16.5. The van der Waals surface area contributed by atoms with Crippen molar-refractivity contribution in [3.63, 3.8) is 0 Å². The van der Waals surface area contributed by atoms with Gasteiger partial charge in [0.1, 0.15) is 42.9 Å². The molecule has 1 rings (SSSR count). The number of aliphatic imine (C=N–C) groups is 1. The zero-order valence-corrected chi connectivity index (χ0v) is 40.2. The third kappa shape index (κ3) is 22.8. The van der Waals surface area contributed by atoms with Crippen molar-refractivity contribution >= 4 is 53.3 Å². The van der Waals surface area contributed by atoms with E-state index in [0.717, 1.165) is 0 Å². The summed E-state index contributed by atoms with van der Waals surface area (Å²) in [4.78, 5) is 110. The first-order valence-corrected chi connectivity index (χ1v) is 22.6. The van der Waals surface area contributed by atoms with Crippen LogP contribution in [0.4, 0.5) is 0 Å². The van der Waals surface area contributed by atoms with Gasteiger partial charge in [-0.3, -0.25) is 38.6 Å². The third-order valence-electron chi connectivity index (χ3n) is 10.6. The summed E-state index contributed by atoms with van der Waals surface area (Å²) in [5, 5.41) is 57.9. The van der Waals surface area contributed by atoms with Crippen LogP contribution in [0.1, 0.15) is 94.1 Å². The van der Waals surface area contributed by atoms with Crippen LogP contribution in [-0.4, -0.2) is 154 Å². The standard InChI is InChI=1S/C44H75N11O13.CH4/c1-9-24(6)33(54-37(61)28(16-13-17-48-44(46)47)50-38(62)29(18-22(2)3)51-39(63)32(45)36(60)23(4)5)41(65)55-34(25(7)57)40(64)49-19-31(59)53-35(26(8)58)42(66)52-30(20-56)43(67)68-21-27-14-11-10-12-15-27;/h10-12,14-15,22-26,28-30,32-36,56-58,60H,9,13,16-21,45H2,1-8H3,(H,49,64)(H,50,62)(H,51,63)(H,52,66)(H,53,59)(H,54,61)(H,55,65)(H4,46,47,48);1H4/t24-,25-,26-,28+,29-,30-,32-,33-,34-,35-,36+;/m0./s1. The van der Waals surface area contributed by atoms with E-state index in [1.54, 1.807) is 71.9 Å². The number of hydrogen-bond acceptors (Lipinski definition) is 15. The molecule has 0 heterocycles. The number of rotatable bonds is 30. The molecule has 0 aliphatic heterocycles. The van der Waals surface area contributed by atoms with Crippen LogP contribution in [-0.2, 0) is 49.7 Å². The van der Waals surface area contributed by atoms with Crippen molar-refractivity contribution in [2.24, 2.45) is 39.9 Å². The van der Waals surface area contributed by atoms with E-state index in [-0.39, 0.29) is 57.6 Å². The zero-order chi connectivity index (χ0) is 51.8. The van der Waals surface area contributed by atoms with Crippen LogP contribution < -0.4 is 54.4 Å². The van der Waals surface area contributed by atoms with E-state index < -0.39 is 127 Å². The van der Waals surface area contributed by atoms with Crippen LogP contribution >= 0.6 is 0 Å². The van der Waals surface area contributed by atoms with E-state index in [2.05, 4.69) is 42.2 Å². The van der Waals surface area contributed by atoms with Crippen LogP contribution in [0.2, 0.25) is 0 Å². The first-order valence-electron chi connectivity index (χ1n) is 22.6. The molecule has 0 aliphatic carbocycles. The van der Waals surface area contributed by atoms with Crippen LogP contribution in [0.5, 0.6) is 0 Å². The summed E-state index contributed by atoms with van der Waals surface area (Å²) in [7, 11) is 0. The number of carbonyl (C=O) groups is 8. The Balaban J connectivity index is 0.0000462. The molecule has 0 spiro atoms. The average Bonchev–Trinajstić information content (AvgIpc) is 3.28. The number of guanidine groups is 1. The summed E-state index contributed by atoms with van der Waals surface area (Å²) in [6.07, 6.45) is -3.72. The Kier molecular flexibility index (Phi) is 29.2.